The van der Waals surface area contributed by atoms with Gasteiger partial charge in [0, 0.05) is 31.2 Å². The average Bonchev–Trinajstić information content (AvgIpc) is 2.58. The van der Waals surface area contributed by atoms with Crippen molar-refractivity contribution in [3.05, 3.63) is 34.9 Å². The third-order valence-corrected chi connectivity index (χ3v) is 4.18. The van der Waals surface area contributed by atoms with Crippen molar-refractivity contribution in [3.8, 4) is 0 Å². The second-order valence-corrected chi connectivity index (χ2v) is 7.63. The lowest BCUT2D eigenvalue weighted by atomic mass is 10.1. The van der Waals surface area contributed by atoms with E-state index < -0.39 is 11.6 Å². The van der Waals surface area contributed by atoms with Crippen molar-refractivity contribution in [1.29, 1.82) is 0 Å². The summed E-state index contributed by atoms with van der Waals surface area (Å²) in [5.41, 5.74) is 0.192. The summed E-state index contributed by atoms with van der Waals surface area (Å²) in [5.74, 6) is 0. The van der Waals surface area contributed by atoms with Gasteiger partial charge in [-0.25, -0.2) is 9.59 Å². The number of aliphatic hydroxyl groups excluding tert-OH is 1. The van der Waals surface area contributed by atoms with Crippen LogP contribution in [0.5, 0.6) is 0 Å². The first-order valence-corrected chi connectivity index (χ1v) is 8.97. The molecule has 2 rings (SSSR count). The van der Waals surface area contributed by atoms with Gasteiger partial charge in [-0.05, 0) is 38.5 Å². The van der Waals surface area contributed by atoms with Gasteiger partial charge in [0.2, 0.25) is 0 Å². The third-order valence-electron chi connectivity index (χ3n) is 3.95. The Balaban J connectivity index is 1.88. The van der Waals surface area contributed by atoms with Crippen LogP contribution in [0.1, 0.15) is 32.4 Å². The number of amides is 3. The molecule has 1 atom stereocenters. The van der Waals surface area contributed by atoms with Crippen molar-refractivity contribution in [1.82, 2.24) is 15.1 Å². The van der Waals surface area contributed by atoms with Crippen molar-refractivity contribution in [2.24, 2.45) is 0 Å². The van der Waals surface area contributed by atoms with Crippen molar-refractivity contribution in [2.75, 3.05) is 32.8 Å². The quantitative estimate of drug-likeness (QED) is 0.840. The first-order valence-electron chi connectivity index (χ1n) is 8.59. The number of aliphatic hydroxyl groups is 1. The van der Waals surface area contributed by atoms with E-state index in [2.05, 4.69) is 5.32 Å². The van der Waals surface area contributed by atoms with Crippen molar-refractivity contribution in [3.63, 3.8) is 0 Å². The van der Waals surface area contributed by atoms with Crippen molar-refractivity contribution < 1.29 is 19.4 Å². The molecule has 1 aromatic carbocycles. The SMILES string of the molecule is CC(C)(C)OC(=O)N1CCN(C(=O)NC(CO)c2cccc(Cl)c2)CC1. The van der Waals surface area contributed by atoms with E-state index in [1.54, 1.807) is 34.1 Å². The summed E-state index contributed by atoms with van der Waals surface area (Å²) >= 11 is 5.97. The fourth-order valence-electron chi connectivity index (χ4n) is 2.62. The summed E-state index contributed by atoms with van der Waals surface area (Å²) in [4.78, 5) is 27.7. The molecule has 0 aromatic heterocycles. The zero-order valence-electron chi connectivity index (χ0n) is 15.4. The van der Waals surface area contributed by atoms with Gasteiger partial charge in [-0.3, -0.25) is 0 Å². The highest BCUT2D eigenvalue weighted by atomic mass is 35.5. The van der Waals surface area contributed by atoms with Crippen LogP contribution >= 0.6 is 11.6 Å². The smallest absolute Gasteiger partial charge is 0.410 e. The van der Waals surface area contributed by atoms with Gasteiger partial charge in [-0.2, -0.15) is 0 Å². The summed E-state index contributed by atoms with van der Waals surface area (Å²) in [5, 5.41) is 12.9. The van der Waals surface area contributed by atoms with Gasteiger partial charge in [0.1, 0.15) is 5.60 Å². The molecule has 1 heterocycles. The summed E-state index contributed by atoms with van der Waals surface area (Å²) in [6, 6.07) is 6.19. The summed E-state index contributed by atoms with van der Waals surface area (Å²) in [7, 11) is 0. The van der Waals surface area contributed by atoms with E-state index in [0.717, 1.165) is 5.56 Å². The number of hydrogen-bond acceptors (Lipinski definition) is 4. The Morgan fingerprint density at radius 2 is 1.85 bits per heavy atom. The first-order chi connectivity index (χ1) is 12.2. The van der Waals surface area contributed by atoms with Crippen LogP contribution in [0.25, 0.3) is 0 Å². The van der Waals surface area contributed by atoms with E-state index in [-0.39, 0.29) is 18.7 Å². The Bertz CT molecular complexity index is 640. The van der Waals surface area contributed by atoms with Crippen LogP contribution in [0, 0.1) is 0 Å². The van der Waals surface area contributed by atoms with Crippen LogP contribution in [0.3, 0.4) is 0 Å². The van der Waals surface area contributed by atoms with Gasteiger partial charge in [-0.15, -0.1) is 0 Å². The number of ether oxygens (including phenoxy) is 1. The molecule has 0 spiro atoms. The first kappa shape index (κ1) is 20.3. The Morgan fingerprint density at radius 1 is 1.23 bits per heavy atom. The van der Waals surface area contributed by atoms with E-state index in [1.165, 1.54) is 0 Å². The topological polar surface area (TPSA) is 82.1 Å². The Labute approximate surface area is 158 Å². The predicted octanol–water partition coefficient (Wildman–Crippen LogP) is 2.64. The zero-order valence-corrected chi connectivity index (χ0v) is 16.1. The number of carbonyl (C=O) groups excluding carboxylic acids is 2. The number of urea groups is 1. The van der Waals surface area contributed by atoms with Gasteiger partial charge >= 0.3 is 12.1 Å². The molecular weight excluding hydrogens is 358 g/mol. The number of benzene rings is 1. The Morgan fingerprint density at radius 3 is 2.38 bits per heavy atom. The Kier molecular flexibility index (Phi) is 6.72. The van der Waals surface area contributed by atoms with E-state index in [9.17, 15) is 14.7 Å². The van der Waals surface area contributed by atoms with Crippen LogP contribution < -0.4 is 5.32 Å². The molecule has 1 aromatic rings. The van der Waals surface area contributed by atoms with Gasteiger partial charge < -0.3 is 25.0 Å². The van der Waals surface area contributed by atoms with E-state index in [4.69, 9.17) is 16.3 Å². The van der Waals surface area contributed by atoms with Crippen LogP contribution in [-0.4, -0.2) is 65.4 Å². The summed E-state index contributed by atoms with van der Waals surface area (Å²) in [6.07, 6.45) is -0.371. The fourth-order valence-corrected chi connectivity index (χ4v) is 2.82. The molecule has 26 heavy (non-hydrogen) atoms. The molecule has 7 nitrogen and oxygen atoms in total. The molecule has 1 fully saturated rings. The fraction of sp³-hybridized carbons (Fsp3) is 0.556. The molecule has 8 heteroatoms. The van der Waals surface area contributed by atoms with Gasteiger partial charge in [0.25, 0.3) is 0 Å². The third kappa shape index (κ3) is 5.78. The molecule has 1 unspecified atom stereocenters. The molecule has 1 aliphatic heterocycles. The lowest BCUT2D eigenvalue weighted by molar-refractivity contribution is 0.0168. The maximum absolute atomic E-state index is 12.5. The highest BCUT2D eigenvalue weighted by Gasteiger charge is 2.28. The molecule has 0 saturated carbocycles. The molecule has 144 valence electrons. The average molecular weight is 384 g/mol. The molecule has 2 N–H and O–H groups in total. The number of rotatable bonds is 3. The molecule has 3 amide bonds. The van der Waals surface area contributed by atoms with Gasteiger partial charge in [-0.1, -0.05) is 23.7 Å². The van der Waals surface area contributed by atoms with Crippen LogP contribution in [-0.2, 0) is 4.74 Å². The van der Waals surface area contributed by atoms with E-state index >= 15 is 0 Å². The van der Waals surface area contributed by atoms with E-state index in [1.807, 2.05) is 20.8 Å². The second kappa shape index (κ2) is 8.60. The Hall–Kier alpha value is -1.99. The van der Waals surface area contributed by atoms with Gasteiger partial charge in [0.15, 0.2) is 0 Å². The molecule has 0 radical (unpaired) electrons. The minimum atomic E-state index is -0.545. The van der Waals surface area contributed by atoms with Crippen LogP contribution in [0.15, 0.2) is 24.3 Å². The normalized spacial score (nSPS) is 16.2. The number of hydrogen-bond donors (Lipinski definition) is 2. The summed E-state index contributed by atoms with van der Waals surface area (Å²) in [6.45, 7) is 6.84. The molecular formula is C18H26ClN3O4. The largest absolute Gasteiger partial charge is 0.444 e. The molecule has 0 aliphatic carbocycles. The number of nitrogens with zero attached hydrogens (tertiary/aromatic N) is 2. The zero-order chi connectivity index (χ0) is 19.3. The highest BCUT2D eigenvalue weighted by molar-refractivity contribution is 6.30. The minimum absolute atomic E-state index is 0.232. The van der Waals surface area contributed by atoms with Crippen LogP contribution in [0.2, 0.25) is 5.02 Å². The van der Waals surface area contributed by atoms with E-state index in [0.29, 0.717) is 31.2 Å². The lowest BCUT2D eigenvalue weighted by Crippen LogP contribution is -2.54. The maximum Gasteiger partial charge on any atom is 0.410 e. The number of nitrogens with one attached hydrogen (secondary N) is 1. The second-order valence-electron chi connectivity index (χ2n) is 7.19. The maximum atomic E-state index is 12.5. The summed E-state index contributed by atoms with van der Waals surface area (Å²) < 4.78 is 5.35. The molecule has 0 bridgehead atoms. The lowest BCUT2D eigenvalue weighted by Gasteiger charge is -2.36. The number of halogens is 1. The van der Waals surface area contributed by atoms with Crippen molar-refractivity contribution >= 4 is 23.7 Å². The van der Waals surface area contributed by atoms with Gasteiger partial charge in [0.05, 0.1) is 12.6 Å². The standard InChI is InChI=1S/C18H26ClN3O4/c1-18(2,3)26-17(25)22-9-7-21(8-10-22)16(24)20-15(12-23)13-5-4-6-14(19)11-13/h4-6,11,15,23H,7-10,12H2,1-3H3,(H,20,24). The predicted molar refractivity (Wildman–Crippen MR) is 99.2 cm³/mol. The molecule has 1 saturated heterocycles. The highest BCUT2D eigenvalue weighted by Crippen LogP contribution is 2.18. The number of piperazine rings is 1. The number of carbonyl (C=O) groups is 2. The van der Waals surface area contributed by atoms with Crippen LogP contribution in [0.4, 0.5) is 9.59 Å². The van der Waals surface area contributed by atoms with Crippen molar-refractivity contribution in [2.45, 2.75) is 32.4 Å². The molecule has 1 aliphatic rings. The monoisotopic (exact) mass is 383 g/mol. The minimum Gasteiger partial charge on any atom is -0.444 e.